The fourth-order valence-corrected chi connectivity index (χ4v) is 2.67. The molecule has 0 spiro atoms. The first-order valence-corrected chi connectivity index (χ1v) is 7.38. The van der Waals surface area contributed by atoms with Crippen LogP contribution in [0.2, 0.25) is 0 Å². The molecule has 22 heavy (non-hydrogen) atoms. The standard InChI is InChI=1S/C14H10N6OS/c21-13(14-15-5-6-22-14)19-10-7-16-20-11(10)12-17-8-3-1-2-4-9(8)18-12/h1-7H,(H,16,20)(H,17,18)(H,19,21). The first-order chi connectivity index (χ1) is 10.8. The predicted molar refractivity (Wildman–Crippen MR) is 83.7 cm³/mol. The van der Waals surface area contributed by atoms with Gasteiger partial charge < -0.3 is 10.3 Å². The Morgan fingerprint density at radius 3 is 3.00 bits per heavy atom. The predicted octanol–water partition coefficient (Wildman–Crippen LogP) is 2.66. The van der Waals surface area contributed by atoms with E-state index in [1.54, 1.807) is 17.8 Å². The van der Waals surface area contributed by atoms with Gasteiger partial charge in [0.1, 0.15) is 5.69 Å². The van der Waals surface area contributed by atoms with Crippen molar-refractivity contribution in [3.63, 3.8) is 0 Å². The molecule has 0 aliphatic heterocycles. The number of hydrogen-bond donors (Lipinski definition) is 3. The minimum absolute atomic E-state index is 0.270. The number of benzene rings is 1. The molecule has 0 saturated carbocycles. The molecule has 0 bridgehead atoms. The summed E-state index contributed by atoms with van der Waals surface area (Å²) in [5, 5.41) is 11.8. The van der Waals surface area contributed by atoms with Crippen LogP contribution >= 0.6 is 11.3 Å². The number of para-hydroxylation sites is 2. The molecule has 0 aliphatic carbocycles. The second kappa shape index (κ2) is 5.08. The molecule has 7 nitrogen and oxygen atoms in total. The van der Waals surface area contributed by atoms with Gasteiger partial charge in [0, 0.05) is 11.6 Å². The lowest BCUT2D eigenvalue weighted by atomic mass is 10.3. The van der Waals surface area contributed by atoms with Gasteiger partial charge in [0.25, 0.3) is 5.91 Å². The number of fused-ring (bicyclic) bond motifs is 1. The van der Waals surface area contributed by atoms with Gasteiger partial charge in [-0.05, 0) is 12.1 Å². The van der Waals surface area contributed by atoms with Crippen molar-refractivity contribution >= 4 is 34.0 Å². The molecule has 0 saturated heterocycles. The average Bonchev–Trinajstić information content (AvgIpc) is 3.26. The third-order valence-corrected chi connectivity index (χ3v) is 3.91. The minimum Gasteiger partial charge on any atom is -0.337 e. The van der Waals surface area contributed by atoms with Gasteiger partial charge in [-0.3, -0.25) is 9.89 Å². The Hall–Kier alpha value is -3.00. The summed E-state index contributed by atoms with van der Waals surface area (Å²) >= 11 is 1.28. The second-order valence-corrected chi connectivity index (χ2v) is 5.45. The fourth-order valence-electron chi connectivity index (χ4n) is 2.14. The molecule has 4 rings (SSSR count). The number of nitrogens with zero attached hydrogens (tertiary/aromatic N) is 3. The van der Waals surface area contributed by atoms with E-state index in [-0.39, 0.29) is 5.91 Å². The van der Waals surface area contributed by atoms with E-state index in [0.717, 1.165) is 11.0 Å². The number of carbonyl (C=O) groups is 1. The van der Waals surface area contributed by atoms with E-state index >= 15 is 0 Å². The number of nitrogens with one attached hydrogen (secondary N) is 3. The molecule has 0 fully saturated rings. The highest BCUT2D eigenvalue weighted by Crippen LogP contribution is 2.25. The van der Waals surface area contributed by atoms with E-state index < -0.39 is 0 Å². The normalized spacial score (nSPS) is 10.9. The Morgan fingerprint density at radius 2 is 2.18 bits per heavy atom. The van der Waals surface area contributed by atoms with Crippen molar-refractivity contribution in [2.45, 2.75) is 0 Å². The Labute approximate surface area is 128 Å². The number of hydrogen-bond acceptors (Lipinski definition) is 5. The summed E-state index contributed by atoms with van der Waals surface area (Å²) in [5.74, 6) is 0.349. The molecule has 3 N–H and O–H groups in total. The van der Waals surface area contributed by atoms with Crippen LogP contribution in [0.5, 0.6) is 0 Å². The van der Waals surface area contributed by atoms with E-state index in [9.17, 15) is 4.79 Å². The molecular formula is C14H10N6OS. The third-order valence-electron chi connectivity index (χ3n) is 3.14. The molecular weight excluding hydrogens is 300 g/mol. The number of carbonyl (C=O) groups excluding carboxylic acids is 1. The van der Waals surface area contributed by atoms with Crippen molar-refractivity contribution < 1.29 is 4.79 Å². The van der Waals surface area contributed by atoms with Crippen LogP contribution in [0, 0.1) is 0 Å². The van der Waals surface area contributed by atoms with E-state index in [4.69, 9.17) is 0 Å². The van der Waals surface area contributed by atoms with Gasteiger partial charge in [-0.2, -0.15) is 5.10 Å². The molecule has 3 aromatic heterocycles. The van der Waals surface area contributed by atoms with Crippen molar-refractivity contribution in [2.24, 2.45) is 0 Å². The minimum atomic E-state index is -0.270. The quantitative estimate of drug-likeness (QED) is 0.541. The smallest absolute Gasteiger partial charge is 0.284 e. The molecule has 0 radical (unpaired) electrons. The number of H-pyrrole nitrogens is 2. The van der Waals surface area contributed by atoms with Gasteiger partial charge in [0.15, 0.2) is 10.8 Å². The van der Waals surface area contributed by atoms with Crippen LogP contribution in [0.15, 0.2) is 42.0 Å². The fraction of sp³-hybridized carbons (Fsp3) is 0. The molecule has 108 valence electrons. The lowest BCUT2D eigenvalue weighted by Crippen LogP contribution is -2.11. The first kappa shape index (κ1) is 12.7. The zero-order valence-electron chi connectivity index (χ0n) is 11.2. The summed E-state index contributed by atoms with van der Waals surface area (Å²) < 4.78 is 0. The number of amides is 1. The number of rotatable bonds is 3. The van der Waals surface area contributed by atoms with E-state index in [0.29, 0.717) is 22.2 Å². The van der Waals surface area contributed by atoms with Crippen molar-refractivity contribution in [3.8, 4) is 11.5 Å². The Kier molecular flexibility index (Phi) is 2.94. The maximum atomic E-state index is 12.1. The van der Waals surface area contributed by atoms with Crippen LogP contribution in [-0.2, 0) is 0 Å². The highest BCUT2D eigenvalue weighted by atomic mass is 32.1. The summed E-state index contributed by atoms with van der Waals surface area (Å²) in [4.78, 5) is 23.8. The Bertz CT molecular complexity index is 906. The summed E-state index contributed by atoms with van der Waals surface area (Å²) in [6.45, 7) is 0. The highest BCUT2D eigenvalue weighted by molar-refractivity contribution is 7.11. The maximum Gasteiger partial charge on any atom is 0.284 e. The van der Waals surface area contributed by atoms with E-state index in [1.165, 1.54) is 11.3 Å². The number of anilines is 1. The molecule has 0 unspecified atom stereocenters. The molecule has 8 heteroatoms. The van der Waals surface area contributed by atoms with Gasteiger partial charge in [0.05, 0.1) is 22.9 Å². The van der Waals surface area contributed by atoms with Crippen LogP contribution in [-0.4, -0.2) is 31.1 Å². The zero-order valence-corrected chi connectivity index (χ0v) is 12.0. The lowest BCUT2D eigenvalue weighted by Gasteiger charge is -2.01. The molecule has 1 aromatic carbocycles. The molecule has 0 atom stereocenters. The van der Waals surface area contributed by atoms with E-state index in [1.807, 2.05) is 24.3 Å². The monoisotopic (exact) mass is 310 g/mol. The highest BCUT2D eigenvalue weighted by Gasteiger charge is 2.16. The van der Waals surface area contributed by atoms with Crippen molar-refractivity contribution in [3.05, 3.63) is 47.0 Å². The second-order valence-electron chi connectivity index (χ2n) is 4.55. The topological polar surface area (TPSA) is 99.4 Å². The number of thiazole rings is 1. The van der Waals surface area contributed by atoms with Crippen LogP contribution in [0.3, 0.4) is 0 Å². The van der Waals surface area contributed by atoms with Gasteiger partial charge in [-0.1, -0.05) is 12.1 Å². The number of aromatic nitrogens is 5. The van der Waals surface area contributed by atoms with Crippen LogP contribution < -0.4 is 5.32 Å². The van der Waals surface area contributed by atoms with Crippen LogP contribution in [0.1, 0.15) is 9.80 Å². The number of aromatic amines is 2. The van der Waals surface area contributed by atoms with Crippen LogP contribution in [0.4, 0.5) is 5.69 Å². The first-order valence-electron chi connectivity index (χ1n) is 6.50. The van der Waals surface area contributed by atoms with Gasteiger partial charge in [-0.25, -0.2) is 9.97 Å². The van der Waals surface area contributed by atoms with Crippen molar-refractivity contribution in [1.82, 2.24) is 25.1 Å². The molecule has 3 heterocycles. The molecule has 4 aromatic rings. The summed E-state index contributed by atoms with van der Waals surface area (Å²) in [5.41, 5.74) is 2.95. The average molecular weight is 310 g/mol. The summed E-state index contributed by atoms with van der Waals surface area (Å²) in [7, 11) is 0. The van der Waals surface area contributed by atoms with Gasteiger partial charge in [0.2, 0.25) is 0 Å². The third kappa shape index (κ3) is 2.15. The SMILES string of the molecule is O=C(Nc1cn[nH]c1-c1nc2ccccc2[nH]1)c1nccs1. The zero-order chi connectivity index (χ0) is 14.9. The largest absolute Gasteiger partial charge is 0.337 e. The van der Waals surface area contributed by atoms with Gasteiger partial charge in [-0.15, -0.1) is 11.3 Å². The Balaban J connectivity index is 1.69. The summed E-state index contributed by atoms with van der Waals surface area (Å²) in [6, 6.07) is 7.71. The van der Waals surface area contributed by atoms with Crippen molar-refractivity contribution in [2.75, 3.05) is 5.32 Å². The maximum absolute atomic E-state index is 12.1. The van der Waals surface area contributed by atoms with Gasteiger partial charge >= 0.3 is 0 Å². The number of imidazole rings is 1. The molecule has 1 amide bonds. The Morgan fingerprint density at radius 1 is 1.27 bits per heavy atom. The lowest BCUT2D eigenvalue weighted by molar-refractivity contribution is 0.102. The van der Waals surface area contributed by atoms with E-state index in [2.05, 4.69) is 30.5 Å². The molecule has 0 aliphatic rings. The van der Waals surface area contributed by atoms with Crippen molar-refractivity contribution in [1.29, 1.82) is 0 Å². The van der Waals surface area contributed by atoms with Crippen LogP contribution in [0.25, 0.3) is 22.6 Å². The summed E-state index contributed by atoms with van der Waals surface area (Å²) in [6.07, 6.45) is 3.14.